The molecule has 0 aromatic heterocycles. The molecule has 0 amide bonds. The van der Waals surface area contributed by atoms with Crippen molar-refractivity contribution in [2.24, 2.45) is 0 Å². The van der Waals surface area contributed by atoms with Crippen molar-refractivity contribution in [2.75, 3.05) is 5.73 Å². The van der Waals surface area contributed by atoms with Gasteiger partial charge in [0.05, 0.1) is 0 Å². The van der Waals surface area contributed by atoms with E-state index in [1.807, 2.05) is 0 Å². The molecule has 0 saturated heterocycles. The van der Waals surface area contributed by atoms with Gasteiger partial charge in [-0.25, -0.2) is 0 Å². The number of benzene rings is 1. The molecule has 1 aromatic carbocycles. The fourth-order valence-corrected chi connectivity index (χ4v) is 1.04. The molecule has 1 aromatic rings. The predicted octanol–water partition coefficient (Wildman–Crippen LogP) is 0.507. The highest BCUT2D eigenvalue weighted by Crippen LogP contribution is 2.08. The number of hydrogen-bond acceptors (Lipinski definition) is 3. The zero-order chi connectivity index (χ0) is 7.56. The Hall–Kier alpha value is -0.870. The summed E-state index contributed by atoms with van der Waals surface area (Å²) < 4.78 is 20.6. The van der Waals surface area contributed by atoms with Crippen LogP contribution in [0.2, 0.25) is 0 Å². The SMILES string of the molecule is Nc1cccc(S(=O)[O-])c1. The second-order valence-electron chi connectivity index (χ2n) is 1.81. The summed E-state index contributed by atoms with van der Waals surface area (Å²) in [6, 6.07) is 6.12. The second kappa shape index (κ2) is 2.81. The predicted molar refractivity (Wildman–Crippen MR) is 38.0 cm³/mol. The minimum Gasteiger partial charge on any atom is -0.768 e. The van der Waals surface area contributed by atoms with Crippen molar-refractivity contribution in [1.29, 1.82) is 0 Å². The summed E-state index contributed by atoms with van der Waals surface area (Å²) in [5.74, 6) is 0. The summed E-state index contributed by atoms with van der Waals surface area (Å²) in [7, 11) is 0. The Morgan fingerprint density at radius 3 is 2.60 bits per heavy atom. The molecule has 10 heavy (non-hydrogen) atoms. The number of nitrogens with two attached hydrogens (primary N) is 1. The van der Waals surface area contributed by atoms with Gasteiger partial charge in [-0.05, 0) is 29.3 Å². The smallest absolute Gasteiger partial charge is 0.0325 e. The van der Waals surface area contributed by atoms with E-state index in [1.54, 1.807) is 12.1 Å². The molecule has 0 fully saturated rings. The maximum Gasteiger partial charge on any atom is 0.0325 e. The van der Waals surface area contributed by atoms with E-state index < -0.39 is 11.1 Å². The van der Waals surface area contributed by atoms with Gasteiger partial charge >= 0.3 is 0 Å². The summed E-state index contributed by atoms with van der Waals surface area (Å²) in [6.45, 7) is 0. The Bertz CT molecular complexity index is 262. The van der Waals surface area contributed by atoms with Crippen LogP contribution in [-0.2, 0) is 11.1 Å². The lowest BCUT2D eigenvalue weighted by atomic mass is 10.3. The fourth-order valence-electron chi connectivity index (χ4n) is 0.618. The third-order valence-electron chi connectivity index (χ3n) is 1.05. The molecule has 0 aliphatic carbocycles. The van der Waals surface area contributed by atoms with Crippen LogP contribution in [0.5, 0.6) is 0 Å². The van der Waals surface area contributed by atoms with Crippen LogP contribution in [0.1, 0.15) is 0 Å². The first-order chi connectivity index (χ1) is 4.70. The van der Waals surface area contributed by atoms with E-state index in [1.165, 1.54) is 12.1 Å². The highest BCUT2D eigenvalue weighted by atomic mass is 32.2. The quantitative estimate of drug-likeness (QED) is 0.475. The molecule has 1 atom stereocenters. The van der Waals surface area contributed by atoms with Crippen LogP contribution in [0, 0.1) is 0 Å². The lowest BCUT2D eigenvalue weighted by Gasteiger charge is -2.03. The van der Waals surface area contributed by atoms with Crippen molar-refractivity contribution in [1.82, 2.24) is 0 Å². The molecule has 1 rings (SSSR count). The van der Waals surface area contributed by atoms with Gasteiger partial charge in [-0.2, -0.15) is 0 Å². The van der Waals surface area contributed by atoms with Gasteiger partial charge in [0.15, 0.2) is 0 Å². The number of anilines is 1. The minimum atomic E-state index is -2.17. The average Bonchev–Trinajstić information content (AvgIpc) is 1.88. The summed E-state index contributed by atoms with van der Waals surface area (Å²) in [5.41, 5.74) is 5.78. The summed E-state index contributed by atoms with van der Waals surface area (Å²) >= 11 is -2.17. The normalized spacial score (nSPS) is 12.9. The molecule has 0 radical (unpaired) electrons. The van der Waals surface area contributed by atoms with Gasteiger partial charge < -0.3 is 10.3 Å². The monoisotopic (exact) mass is 156 g/mol. The maximum absolute atomic E-state index is 10.3. The number of rotatable bonds is 1. The van der Waals surface area contributed by atoms with E-state index in [9.17, 15) is 8.76 Å². The topological polar surface area (TPSA) is 66.2 Å². The van der Waals surface area contributed by atoms with Crippen molar-refractivity contribution in [3.8, 4) is 0 Å². The van der Waals surface area contributed by atoms with Crippen molar-refractivity contribution in [3.05, 3.63) is 24.3 Å². The van der Waals surface area contributed by atoms with Gasteiger partial charge in [-0.1, -0.05) is 6.07 Å². The number of nitrogen functional groups attached to an aromatic ring is 1. The molecule has 1 unspecified atom stereocenters. The van der Waals surface area contributed by atoms with Crippen molar-refractivity contribution in [3.63, 3.8) is 0 Å². The standard InChI is InChI=1S/C6H7NO2S/c7-5-2-1-3-6(4-5)10(8)9/h1-4H,7H2,(H,8,9)/p-1. The molecular weight excluding hydrogens is 150 g/mol. The molecule has 0 aliphatic heterocycles. The van der Waals surface area contributed by atoms with E-state index >= 15 is 0 Å². The highest BCUT2D eigenvalue weighted by molar-refractivity contribution is 7.79. The Morgan fingerprint density at radius 1 is 1.50 bits per heavy atom. The molecular formula is C6H6NO2S-. The van der Waals surface area contributed by atoms with Crippen molar-refractivity contribution < 1.29 is 8.76 Å². The van der Waals surface area contributed by atoms with Crippen LogP contribution < -0.4 is 5.73 Å². The molecule has 0 aliphatic rings. The summed E-state index contributed by atoms with van der Waals surface area (Å²) in [6.07, 6.45) is 0. The first kappa shape index (κ1) is 7.24. The Kier molecular flexibility index (Phi) is 2.03. The second-order valence-corrected chi connectivity index (χ2v) is 2.75. The van der Waals surface area contributed by atoms with E-state index in [0.29, 0.717) is 5.69 Å². The molecule has 54 valence electrons. The average molecular weight is 156 g/mol. The molecule has 0 spiro atoms. The van der Waals surface area contributed by atoms with Gasteiger partial charge in [-0.3, -0.25) is 4.21 Å². The van der Waals surface area contributed by atoms with Gasteiger partial charge in [-0.15, -0.1) is 0 Å². The fraction of sp³-hybridized carbons (Fsp3) is 0. The van der Waals surface area contributed by atoms with Gasteiger partial charge in [0.2, 0.25) is 0 Å². The number of hydrogen-bond donors (Lipinski definition) is 1. The van der Waals surface area contributed by atoms with Gasteiger partial charge in [0.25, 0.3) is 0 Å². The van der Waals surface area contributed by atoms with E-state index in [-0.39, 0.29) is 4.90 Å². The summed E-state index contributed by atoms with van der Waals surface area (Å²) in [5, 5.41) is 0. The minimum absolute atomic E-state index is 0.222. The van der Waals surface area contributed by atoms with E-state index in [0.717, 1.165) is 0 Å². The molecule has 4 heteroatoms. The molecule has 3 nitrogen and oxygen atoms in total. The molecule has 0 saturated carbocycles. The molecule has 2 N–H and O–H groups in total. The third kappa shape index (κ3) is 1.55. The van der Waals surface area contributed by atoms with E-state index in [4.69, 9.17) is 5.73 Å². The lowest BCUT2D eigenvalue weighted by Crippen LogP contribution is -1.90. The zero-order valence-electron chi connectivity index (χ0n) is 5.11. The van der Waals surface area contributed by atoms with Crippen LogP contribution in [0.4, 0.5) is 5.69 Å². The molecule has 0 heterocycles. The summed E-state index contributed by atoms with van der Waals surface area (Å²) in [4.78, 5) is 0.222. The lowest BCUT2D eigenvalue weighted by molar-refractivity contribution is 0.537. The first-order valence-electron chi connectivity index (χ1n) is 2.65. The van der Waals surface area contributed by atoms with Crippen LogP contribution in [0.15, 0.2) is 29.2 Å². The largest absolute Gasteiger partial charge is 0.768 e. The Morgan fingerprint density at radius 2 is 2.20 bits per heavy atom. The van der Waals surface area contributed by atoms with Crippen LogP contribution >= 0.6 is 0 Å². The van der Waals surface area contributed by atoms with E-state index in [2.05, 4.69) is 0 Å². The highest BCUT2D eigenvalue weighted by Gasteiger charge is 1.90. The van der Waals surface area contributed by atoms with Gasteiger partial charge in [0.1, 0.15) is 0 Å². The first-order valence-corrected chi connectivity index (χ1v) is 3.72. The Labute approximate surface area is 61.1 Å². The molecule has 0 bridgehead atoms. The van der Waals surface area contributed by atoms with Crippen LogP contribution in [-0.4, -0.2) is 8.76 Å². The third-order valence-corrected chi connectivity index (χ3v) is 1.69. The van der Waals surface area contributed by atoms with Crippen LogP contribution in [0.25, 0.3) is 0 Å². The maximum atomic E-state index is 10.3. The van der Waals surface area contributed by atoms with Crippen molar-refractivity contribution >= 4 is 16.8 Å². The zero-order valence-corrected chi connectivity index (χ0v) is 5.93. The Balaban J connectivity index is 3.07. The van der Waals surface area contributed by atoms with Gasteiger partial charge in [0, 0.05) is 10.6 Å². The van der Waals surface area contributed by atoms with Crippen molar-refractivity contribution in [2.45, 2.75) is 4.90 Å². The van der Waals surface area contributed by atoms with Crippen LogP contribution in [0.3, 0.4) is 0 Å².